The van der Waals surface area contributed by atoms with E-state index in [1.54, 1.807) is 4.68 Å². The molecule has 2 rings (SSSR count). The molecule has 0 aliphatic carbocycles. The van der Waals surface area contributed by atoms with Gasteiger partial charge in [-0.05, 0) is 31.4 Å². The number of carbonyl (C=O) groups excluding carboxylic acids is 2. The number of nitrogens with zero attached hydrogens (tertiary/aromatic N) is 3. The number of amides is 1. The van der Waals surface area contributed by atoms with Crippen LogP contribution in [0.15, 0.2) is 30.3 Å². The molecular formula is C20H24N4O3. The molecule has 0 fully saturated rings. The average Bonchev–Trinajstić information content (AvgIpc) is 2.95. The Morgan fingerprint density at radius 1 is 1.26 bits per heavy atom. The molecule has 7 nitrogen and oxygen atoms in total. The first kappa shape index (κ1) is 20.2. The molecule has 1 heterocycles. The van der Waals surface area contributed by atoms with Crippen LogP contribution in [-0.4, -0.2) is 28.2 Å². The Morgan fingerprint density at radius 2 is 2.00 bits per heavy atom. The van der Waals surface area contributed by atoms with Crippen LogP contribution in [0.4, 0.5) is 0 Å². The van der Waals surface area contributed by atoms with Crippen molar-refractivity contribution in [2.45, 2.75) is 46.3 Å². The van der Waals surface area contributed by atoms with Crippen LogP contribution in [0, 0.1) is 25.2 Å². The third-order valence-corrected chi connectivity index (χ3v) is 4.24. The smallest absolute Gasteiger partial charge is 0.325 e. The van der Waals surface area contributed by atoms with Crippen molar-refractivity contribution in [2.24, 2.45) is 0 Å². The first-order valence-electron chi connectivity index (χ1n) is 8.87. The lowest BCUT2D eigenvalue weighted by molar-refractivity contribution is -0.145. The summed E-state index contributed by atoms with van der Waals surface area (Å²) in [6.07, 6.45) is 1.19. The van der Waals surface area contributed by atoms with E-state index in [0.717, 1.165) is 22.5 Å². The summed E-state index contributed by atoms with van der Waals surface area (Å²) in [7, 11) is 0. The Morgan fingerprint density at radius 3 is 2.70 bits per heavy atom. The molecule has 0 spiro atoms. The molecule has 0 unspecified atom stereocenters. The first-order chi connectivity index (χ1) is 13.0. The van der Waals surface area contributed by atoms with Crippen LogP contribution in [0.3, 0.4) is 0 Å². The number of aryl methyl sites for hydroxylation is 2. The minimum Gasteiger partial charge on any atom is -0.460 e. The Bertz CT molecular complexity index is 822. The van der Waals surface area contributed by atoms with Crippen molar-refractivity contribution in [3.63, 3.8) is 0 Å². The van der Waals surface area contributed by atoms with Gasteiger partial charge in [-0.15, -0.1) is 0 Å². The minimum absolute atomic E-state index is 0.148. The number of aromatic nitrogens is 2. The van der Waals surface area contributed by atoms with Crippen LogP contribution in [0.1, 0.15) is 35.4 Å². The number of benzene rings is 1. The predicted octanol–water partition coefficient (Wildman–Crippen LogP) is 2.21. The lowest BCUT2D eigenvalue weighted by Gasteiger charge is -2.07. The summed E-state index contributed by atoms with van der Waals surface area (Å²) in [4.78, 5) is 23.7. The number of ether oxygens (including phenoxy) is 1. The second-order valence-corrected chi connectivity index (χ2v) is 6.20. The van der Waals surface area contributed by atoms with E-state index < -0.39 is 5.97 Å². The summed E-state index contributed by atoms with van der Waals surface area (Å²) >= 11 is 0. The molecule has 7 heteroatoms. The summed E-state index contributed by atoms with van der Waals surface area (Å²) in [6, 6.07) is 11.5. The molecule has 1 aromatic heterocycles. The Hall–Kier alpha value is -3.14. The molecule has 0 bridgehead atoms. The molecule has 1 amide bonds. The highest BCUT2D eigenvalue weighted by atomic mass is 16.5. The van der Waals surface area contributed by atoms with Crippen molar-refractivity contribution < 1.29 is 14.3 Å². The van der Waals surface area contributed by atoms with Crippen LogP contribution < -0.4 is 5.32 Å². The molecule has 0 radical (unpaired) electrons. The van der Waals surface area contributed by atoms with Gasteiger partial charge in [-0.3, -0.25) is 14.3 Å². The molecule has 1 aromatic carbocycles. The summed E-state index contributed by atoms with van der Waals surface area (Å²) in [5.41, 5.74) is 3.74. The summed E-state index contributed by atoms with van der Waals surface area (Å²) in [6.45, 7) is 4.42. The van der Waals surface area contributed by atoms with E-state index in [-0.39, 0.29) is 25.5 Å². The quantitative estimate of drug-likeness (QED) is 0.685. The summed E-state index contributed by atoms with van der Waals surface area (Å²) in [5, 5.41) is 15.7. The second kappa shape index (κ2) is 10.1. The third kappa shape index (κ3) is 6.26. The standard InChI is InChI=1S/C20H24N4O3/c1-15-18(16(2)24(23-15)12-6-11-21)9-10-19(25)22-13-20(26)27-14-17-7-4-3-5-8-17/h3-5,7-8H,6,9-10,12-14H2,1-2H3,(H,22,25). The van der Waals surface area contributed by atoms with E-state index in [9.17, 15) is 9.59 Å². The predicted molar refractivity (Wildman–Crippen MR) is 99.5 cm³/mol. The van der Waals surface area contributed by atoms with Gasteiger partial charge >= 0.3 is 5.97 Å². The summed E-state index contributed by atoms with van der Waals surface area (Å²) in [5.74, 6) is -0.681. The molecule has 2 aromatic rings. The Labute approximate surface area is 158 Å². The second-order valence-electron chi connectivity index (χ2n) is 6.20. The van der Waals surface area contributed by atoms with Crippen molar-refractivity contribution >= 4 is 11.9 Å². The van der Waals surface area contributed by atoms with E-state index in [1.807, 2.05) is 44.2 Å². The van der Waals surface area contributed by atoms with Crippen molar-refractivity contribution in [3.8, 4) is 6.07 Å². The van der Waals surface area contributed by atoms with Gasteiger partial charge in [0.15, 0.2) is 0 Å². The maximum absolute atomic E-state index is 12.0. The van der Waals surface area contributed by atoms with Gasteiger partial charge in [0.2, 0.25) is 5.91 Å². The molecule has 0 saturated carbocycles. The number of carbonyl (C=O) groups is 2. The van der Waals surface area contributed by atoms with E-state index >= 15 is 0 Å². The van der Waals surface area contributed by atoms with Crippen molar-refractivity contribution in [1.82, 2.24) is 15.1 Å². The molecular weight excluding hydrogens is 344 g/mol. The van der Waals surface area contributed by atoms with E-state index in [4.69, 9.17) is 10.00 Å². The Kier molecular flexibility index (Phi) is 7.56. The fourth-order valence-electron chi connectivity index (χ4n) is 2.76. The molecule has 0 aliphatic heterocycles. The lowest BCUT2D eigenvalue weighted by atomic mass is 10.1. The number of hydrogen-bond donors (Lipinski definition) is 1. The minimum atomic E-state index is -0.469. The number of rotatable bonds is 9. The normalized spacial score (nSPS) is 10.3. The van der Waals surface area contributed by atoms with Crippen LogP contribution in [0.2, 0.25) is 0 Å². The maximum atomic E-state index is 12.0. The van der Waals surface area contributed by atoms with E-state index in [1.165, 1.54) is 0 Å². The maximum Gasteiger partial charge on any atom is 0.325 e. The highest BCUT2D eigenvalue weighted by molar-refractivity contribution is 5.82. The Balaban J connectivity index is 1.74. The average molecular weight is 368 g/mol. The van der Waals surface area contributed by atoms with Crippen LogP contribution in [0.25, 0.3) is 0 Å². The SMILES string of the molecule is Cc1nn(CCC#N)c(C)c1CCC(=O)NCC(=O)OCc1ccccc1. The first-order valence-corrected chi connectivity index (χ1v) is 8.87. The fourth-order valence-corrected chi connectivity index (χ4v) is 2.76. The van der Waals surface area contributed by atoms with Gasteiger partial charge < -0.3 is 10.1 Å². The molecule has 0 atom stereocenters. The number of nitriles is 1. The van der Waals surface area contributed by atoms with Gasteiger partial charge in [-0.1, -0.05) is 30.3 Å². The monoisotopic (exact) mass is 368 g/mol. The van der Waals surface area contributed by atoms with Gasteiger partial charge in [0.05, 0.1) is 24.7 Å². The number of esters is 1. The van der Waals surface area contributed by atoms with Gasteiger partial charge in [-0.25, -0.2) is 0 Å². The van der Waals surface area contributed by atoms with Crippen molar-refractivity contribution in [3.05, 3.63) is 52.8 Å². The fraction of sp³-hybridized carbons (Fsp3) is 0.400. The van der Waals surface area contributed by atoms with Gasteiger partial charge in [0.25, 0.3) is 0 Å². The summed E-state index contributed by atoms with van der Waals surface area (Å²) < 4.78 is 6.93. The zero-order valence-electron chi connectivity index (χ0n) is 15.7. The highest BCUT2D eigenvalue weighted by Gasteiger charge is 2.13. The number of hydrogen-bond acceptors (Lipinski definition) is 5. The van der Waals surface area contributed by atoms with E-state index in [2.05, 4.69) is 16.5 Å². The van der Waals surface area contributed by atoms with Crippen LogP contribution >= 0.6 is 0 Å². The third-order valence-electron chi connectivity index (χ3n) is 4.24. The highest BCUT2D eigenvalue weighted by Crippen LogP contribution is 2.15. The van der Waals surface area contributed by atoms with Crippen LogP contribution in [-0.2, 0) is 33.9 Å². The van der Waals surface area contributed by atoms with Gasteiger partial charge in [0.1, 0.15) is 13.2 Å². The van der Waals surface area contributed by atoms with E-state index in [0.29, 0.717) is 19.4 Å². The van der Waals surface area contributed by atoms with Gasteiger partial charge in [0, 0.05) is 12.1 Å². The molecule has 142 valence electrons. The van der Waals surface area contributed by atoms with Gasteiger partial charge in [-0.2, -0.15) is 10.4 Å². The zero-order valence-corrected chi connectivity index (χ0v) is 15.7. The molecule has 27 heavy (non-hydrogen) atoms. The topological polar surface area (TPSA) is 97.0 Å². The molecule has 0 aliphatic rings. The zero-order chi connectivity index (χ0) is 19.6. The molecule has 1 N–H and O–H groups in total. The molecule has 0 saturated heterocycles. The largest absolute Gasteiger partial charge is 0.460 e. The lowest BCUT2D eigenvalue weighted by Crippen LogP contribution is -2.30. The van der Waals surface area contributed by atoms with Crippen LogP contribution in [0.5, 0.6) is 0 Å². The van der Waals surface area contributed by atoms with Crippen molar-refractivity contribution in [2.75, 3.05) is 6.54 Å². The van der Waals surface area contributed by atoms with Crippen molar-refractivity contribution in [1.29, 1.82) is 5.26 Å². The number of nitrogens with one attached hydrogen (secondary N) is 1.